The lowest BCUT2D eigenvalue weighted by molar-refractivity contribution is -0.386. The number of nitro benzene ring substituents is 1. The smallest absolute Gasteiger partial charge is 0.315 e. The first-order chi connectivity index (χ1) is 13.3. The molecule has 0 aliphatic rings. The summed E-state index contributed by atoms with van der Waals surface area (Å²) in [4.78, 5) is 12.8. The fraction of sp³-hybridized carbons (Fsp3) is 0.235. The molecule has 0 aromatic heterocycles. The van der Waals surface area contributed by atoms with Crippen LogP contribution in [0.2, 0.25) is 5.02 Å². The monoisotopic (exact) mass is 427 g/mol. The van der Waals surface area contributed by atoms with E-state index < -0.39 is 14.9 Å². The van der Waals surface area contributed by atoms with Crippen LogP contribution in [0.5, 0.6) is 11.5 Å². The number of rotatable bonds is 9. The molecular weight excluding hydrogens is 410 g/mol. The Kier molecular flexibility index (Phi) is 7.18. The van der Waals surface area contributed by atoms with E-state index in [4.69, 9.17) is 21.1 Å². The van der Waals surface area contributed by atoms with Gasteiger partial charge in [0.15, 0.2) is 5.75 Å². The summed E-state index contributed by atoms with van der Waals surface area (Å²) < 4.78 is 34.9. The van der Waals surface area contributed by atoms with Gasteiger partial charge in [-0.1, -0.05) is 18.5 Å². The largest absolute Gasteiger partial charge is 0.493 e. The number of benzene rings is 2. The third-order valence-electron chi connectivity index (χ3n) is 3.44. The van der Waals surface area contributed by atoms with E-state index in [0.29, 0.717) is 11.4 Å². The Morgan fingerprint density at radius 3 is 2.54 bits per heavy atom. The molecule has 0 saturated carbocycles. The maximum atomic E-state index is 12.2. The van der Waals surface area contributed by atoms with E-state index in [1.807, 2.05) is 11.8 Å². The van der Waals surface area contributed by atoms with Crippen LogP contribution in [0, 0.1) is 10.1 Å². The Bertz CT molecular complexity index is 977. The Morgan fingerprint density at radius 2 is 1.96 bits per heavy atom. The van der Waals surface area contributed by atoms with Gasteiger partial charge in [-0.15, -0.1) is 0 Å². The van der Waals surface area contributed by atoms with E-state index in [1.54, 1.807) is 0 Å². The summed E-state index contributed by atoms with van der Waals surface area (Å²) in [6.07, 6.45) is 1.79. The number of nitrogens with one attached hydrogen (secondary N) is 1. The lowest BCUT2D eigenvalue weighted by Crippen LogP contribution is -2.18. The van der Waals surface area contributed by atoms with Crippen molar-refractivity contribution < 1.29 is 22.8 Å². The zero-order chi connectivity index (χ0) is 20.7. The molecule has 0 spiro atoms. The van der Waals surface area contributed by atoms with Crippen LogP contribution in [0.1, 0.15) is 18.9 Å². The van der Waals surface area contributed by atoms with Crippen molar-refractivity contribution in [2.75, 3.05) is 13.7 Å². The molecule has 0 aliphatic carbocycles. The van der Waals surface area contributed by atoms with Gasteiger partial charge in [0.2, 0.25) is 5.75 Å². The van der Waals surface area contributed by atoms with Gasteiger partial charge in [0, 0.05) is 16.7 Å². The normalized spacial score (nSPS) is 11.4. The number of sulfonamides is 1. The van der Waals surface area contributed by atoms with Crippen LogP contribution in [0.15, 0.2) is 46.4 Å². The van der Waals surface area contributed by atoms with Gasteiger partial charge >= 0.3 is 5.69 Å². The Morgan fingerprint density at radius 1 is 1.29 bits per heavy atom. The van der Waals surface area contributed by atoms with Crippen LogP contribution in [-0.2, 0) is 10.0 Å². The fourth-order valence-electron chi connectivity index (χ4n) is 2.16. The topological polar surface area (TPSA) is 120 Å². The van der Waals surface area contributed by atoms with Crippen LogP contribution >= 0.6 is 11.6 Å². The van der Waals surface area contributed by atoms with Crippen LogP contribution in [0.4, 0.5) is 5.69 Å². The summed E-state index contributed by atoms with van der Waals surface area (Å²) >= 11 is 5.74. The van der Waals surface area contributed by atoms with Gasteiger partial charge in [-0.2, -0.15) is 13.5 Å². The third-order valence-corrected chi connectivity index (χ3v) is 4.93. The molecule has 0 heterocycles. The van der Waals surface area contributed by atoms with E-state index in [0.717, 1.165) is 6.21 Å². The highest BCUT2D eigenvalue weighted by atomic mass is 35.5. The molecule has 0 saturated heterocycles. The highest BCUT2D eigenvalue weighted by molar-refractivity contribution is 7.89. The third kappa shape index (κ3) is 5.33. The van der Waals surface area contributed by atoms with E-state index in [9.17, 15) is 18.5 Å². The number of nitro groups is 1. The second kappa shape index (κ2) is 9.38. The lowest BCUT2D eigenvalue weighted by Gasteiger charge is -2.11. The minimum atomic E-state index is -3.91. The Hall–Kier alpha value is -2.85. The minimum Gasteiger partial charge on any atom is -0.493 e. The van der Waals surface area contributed by atoms with Gasteiger partial charge in [0.25, 0.3) is 10.0 Å². The van der Waals surface area contributed by atoms with Crippen molar-refractivity contribution in [2.24, 2.45) is 5.10 Å². The van der Waals surface area contributed by atoms with Gasteiger partial charge in [-0.25, -0.2) is 4.83 Å². The average Bonchev–Trinajstić information content (AvgIpc) is 2.66. The summed E-state index contributed by atoms with van der Waals surface area (Å²) in [5.74, 6) is 0.151. The standard InChI is InChI=1S/C17H18ClN3O6S/c1-3-8-27-17-15(21(22)23)9-12(10-16(17)26-2)11-19-20-28(24,25)14-6-4-13(18)5-7-14/h4-7,9-11,20H,3,8H2,1-2H3/b19-11+. The molecule has 9 nitrogen and oxygen atoms in total. The van der Waals surface area contributed by atoms with Crippen LogP contribution in [-0.4, -0.2) is 33.3 Å². The molecule has 0 unspecified atom stereocenters. The molecule has 0 fully saturated rings. The number of hydrazone groups is 1. The maximum Gasteiger partial charge on any atom is 0.315 e. The number of methoxy groups -OCH3 is 1. The minimum absolute atomic E-state index is 0.00763. The van der Waals surface area contributed by atoms with Crippen molar-refractivity contribution in [2.45, 2.75) is 18.2 Å². The molecule has 0 amide bonds. The van der Waals surface area contributed by atoms with Gasteiger partial charge < -0.3 is 9.47 Å². The van der Waals surface area contributed by atoms with E-state index in [-0.39, 0.29) is 34.3 Å². The van der Waals surface area contributed by atoms with Gasteiger partial charge in [0.1, 0.15) is 0 Å². The molecule has 2 aromatic rings. The molecule has 0 atom stereocenters. The average molecular weight is 428 g/mol. The predicted molar refractivity (Wildman–Crippen MR) is 105 cm³/mol. The Labute approximate surface area is 167 Å². The number of nitrogens with zero attached hydrogens (tertiary/aromatic N) is 2. The van der Waals surface area contributed by atoms with E-state index in [1.165, 1.54) is 43.5 Å². The van der Waals surface area contributed by atoms with Crippen molar-refractivity contribution in [1.29, 1.82) is 0 Å². The summed E-state index contributed by atoms with van der Waals surface area (Å²) in [5.41, 5.74) is -0.0546. The molecular formula is C17H18ClN3O6S. The number of hydrogen-bond acceptors (Lipinski definition) is 7. The number of hydrogen-bond donors (Lipinski definition) is 1. The first kappa shape index (κ1) is 21.5. The Balaban J connectivity index is 2.28. The SMILES string of the molecule is CCCOc1c(OC)cc(/C=N/NS(=O)(=O)c2ccc(Cl)cc2)cc1[N+](=O)[O-]. The van der Waals surface area contributed by atoms with Crippen LogP contribution < -0.4 is 14.3 Å². The first-order valence-corrected chi connectivity index (χ1v) is 9.94. The molecule has 0 bridgehead atoms. The highest BCUT2D eigenvalue weighted by Gasteiger charge is 2.22. The summed E-state index contributed by atoms with van der Waals surface area (Å²) in [6.45, 7) is 2.15. The summed E-state index contributed by atoms with van der Waals surface area (Å²) in [6, 6.07) is 8.19. The second-order valence-electron chi connectivity index (χ2n) is 5.48. The first-order valence-electron chi connectivity index (χ1n) is 8.08. The molecule has 2 aromatic carbocycles. The van der Waals surface area contributed by atoms with E-state index in [2.05, 4.69) is 5.10 Å². The zero-order valence-corrected chi connectivity index (χ0v) is 16.7. The molecule has 1 N–H and O–H groups in total. The number of halogens is 1. The van der Waals surface area contributed by atoms with Gasteiger partial charge in [0.05, 0.1) is 29.8 Å². The molecule has 2 rings (SSSR count). The van der Waals surface area contributed by atoms with E-state index >= 15 is 0 Å². The second-order valence-corrected chi connectivity index (χ2v) is 7.58. The molecule has 0 radical (unpaired) electrons. The van der Waals surface area contributed by atoms with Gasteiger partial charge in [-0.05, 0) is 36.8 Å². The molecule has 28 heavy (non-hydrogen) atoms. The lowest BCUT2D eigenvalue weighted by atomic mass is 10.2. The quantitative estimate of drug-likeness (QED) is 0.372. The fourth-order valence-corrected chi connectivity index (χ4v) is 3.07. The zero-order valence-electron chi connectivity index (χ0n) is 15.1. The summed E-state index contributed by atoms with van der Waals surface area (Å²) in [5, 5.41) is 15.4. The highest BCUT2D eigenvalue weighted by Crippen LogP contribution is 2.38. The maximum absolute atomic E-state index is 12.2. The molecule has 150 valence electrons. The van der Waals surface area contributed by atoms with Crippen molar-refractivity contribution >= 4 is 33.5 Å². The number of ether oxygens (including phenoxy) is 2. The van der Waals surface area contributed by atoms with Crippen LogP contribution in [0.3, 0.4) is 0 Å². The predicted octanol–water partition coefficient (Wildman–Crippen LogP) is 3.36. The summed E-state index contributed by atoms with van der Waals surface area (Å²) in [7, 11) is -2.56. The van der Waals surface area contributed by atoms with Crippen molar-refractivity contribution in [3.05, 3.63) is 57.1 Å². The molecule has 0 aliphatic heterocycles. The van der Waals surface area contributed by atoms with Crippen molar-refractivity contribution in [3.63, 3.8) is 0 Å². The van der Waals surface area contributed by atoms with Gasteiger partial charge in [-0.3, -0.25) is 10.1 Å². The van der Waals surface area contributed by atoms with Crippen molar-refractivity contribution in [1.82, 2.24) is 4.83 Å². The van der Waals surface area contributed by atoms with Crippen LogP contribution in [0.25, 0.3) is 0 Å². The van der Waals surface area contributed by atoms with Crippen molar-refractivity contribution in [3.8, 4) is 11.5 Å². The molecule has 11 heteroatoms.